The van der Waals surface area contributed by atoms with E-state index in [0.29, 0.717) is 0 Å². The van der Waals surface area contributed by atoms with Crippen molar-refractivity contribution in [1.29, 1.82) is 0 Å². The molecule has 0 atom stereocenters. The molecule has 0 saturated heterocycles. The molecule has 0 aromatic carbocycles. The van der Waals surface area contributed by atoms with Crippen LogP contribution in [0, 0.1) is 17.3 Å². The van der Waals surface area contributed by atoms with Crippen LogP contribution in [0.2, 0.25) is 0 Å². The van der Waals surface area contributed by atoms with Crippen molar-refractivity contribution in [3.63, 3.8) is 0 Å². The molecule has 2 fully saturated rings. The van der Waals surface area contributed by atoms with E-state index in [0.717, 1.165) is 23.3 Å². The Balaban J connectivity index is 1.75. The van der Waals surface area contributed by atoms with Gasteiger partial charge in [-0.3, -0.25) is 0 Å². The van der Waals surface area contributed by atoms with Gasteiger partial charge < -0.3 is 5.32 Å². The second-order valence-corrected chi connectivity index (χ2v) is 5.31. The van der Waals surface area contributed by atoms with Crippen LogP contribution in [0.15, 0.2) is 0 Å². The Kier molecular flexibility index (Phi) is 1.95. The molecule has 1 N–H and O–H groups in total. The van der Waals surface area contributed by atoms with Gasteiger partial charge in [-0.15, -0.1) is 0 Å². The third kappa shape index (κ3) is 1.19. The molecular formula is C11H21N. The van der Waals surface area contributed by atoms with Gasteiger partial charge in [0.05, 0.1) is 0 Å². The Morgan fingerprint density at radius 3 is 2.17 bits per heavy atom. The first-order valence-electron chi connectivity index (χ1n) is 5.32. The predicted molar refractivity (Wildman–Crippen MR) is 52.1 cm³/mol. The predicted octanol–water partition coefficient (Wildman–Crippen LogP) is 2.42. The van der Waals surface area contributed by atoms with Crippen molar-refractivity contribution in [3.05, 3.63) is 0 Å². The van der Waals surface area contributed by atoms with Crippen LogP contribution in [0.1, 0.15) is 39.5 Å². The van der Waals surface area contributed by atoms with Crippen LogP contribution in [0.3, 0.4) is 0 Å². The van der Waals surface area contributed by atoms with Crippen LogP contribution in [0.4, 0.5) is 0 Å². The topological polar surface area (TPSA) is 12.0 Å². The molecule has 0 heterocycles. The molecule has 1 heteroatoms. The van der Waals surface area contributed by atoms with Crippen molar-refractivity contribution < 1.29 is 0 Å². The third-order valence-electron chi connectivity index (χ3n) is 4.10. The van der Waals surface area contributed by atoms with Gasteiger partial charge in [0.15, 0.2) is 0 Å². The molecule has 12 heavy (non-hydrogen) atoms. The van der Waals surface area contributed by atoms with Crippen molar-refractivity contribution in [2.45, 2.75) is 45.6 Å². The molecule has 0 aliphatic heterocycles. The number of hydrogen-bond acceptors (Lipinski definition) is 1. The highest BCUT2D eigenvalue weighted by molar-refractivity contribution is 5.05. The maximum atomic E-state index is 3.37. The minimum absolute atomic E-state index is 0.808. The lowest BCUT2D eigenvalue weighted by Crippen LogP contribution is -2.55. The maximum absolute atomic E-state index is 3.37. The van der Waals surface area contributed by atoms with E-state index in [4.69, 9.17) is 0 Å². The molecule has 0 bridgehead atoms. The lowest BCUT2D eigenvalue weighted by Gasteiger charge is -2.59. The van der Waals surface area contributed by atoms with E-state index < -0.39 is 0 Å². The van der Waals surface area contributed by atoms with Crippen LogP contribution in [-0.4, -0.2) is 13.1 Å². The van der Waals surface area contributed by atoms with Crippen LogP contribution in [0.5, 0.6) is 0 Å². The lowest BCUT2D eigenvalue weighted by molar-refractivity contribution is -0.0636. The largest absolute Gasteiger partial charge is 0.317 e. The van der Waals surface area contributed by atoms with Gasteiger partial charge in [0.25, 0.3) is 0 Å². The lowest BCUT2D eigenvalue weighted by atomic mass is 9.48. The van der Waals surface area contributed by atoms with Gasteiger partial charge in [-0.1, -0.05) is 13.8 Å². The number of nitrogens with one attached hydrogen (secondary N) is 1. The van der Waals surface area contributed by atoms with E-state index in [2.05, 4.69) is 26.2 Å². The normalized spacial score (nSPS) is 46.0. The molecule has 70 valence electrons. The quantitative estimate of drug-likeness (QED) is 0.666. The highest BCUT2D eigenvalue weighted by Crippen LogP contribution is 2.60. The second-order valence-electron chi connectivity index (χ2n) is 5.31. The molecule has 0 unspecified atom stereocenters. The highest BCUT2D eigenvalue weighted by atomic mass is 14.9. The zero-order valence-corrected chi connectivity index (χ0v) is 8.56. The summed E-state index contributed by atoms with van der Waals surface area (Å²) in [6.45, 7) is 4.73. The molecule has 2 aliphatic rings. The van der Waals surface area contributed by atoms with Gasteiger partial charge in [-0.25, -0.2) is 0 Å². The molecule has 0 amide bonds. The van der Waals surface area contributed by atoms with E-state index in [1.165, 1.54) is 25.7 Å². The van der Waals surface area contributed by atoms with Crippen LogP contribution in [0.25, 0.3) is 0 Å². The molecule has 1 nitrogen and oxygen atoms in total. The van der Waals surface area contributed by atoms with Gasteiger partial charge in [0.1, 0.15) is 0 Å². The van der Waals surface area contributed by atoms with Gasteiger partial charge in [-0.2, -0.15) is 0 Å². The first-order chi connectivity index (χ1) is 5.65. The number of hydrogen-bond donors (Lipinski definition) is 1. The summed E-state index contributed by atoms with van der Waals surface area (Å²) in [5.74, 6) is 1.96. The van der Waals surface area contributed by atoms with Crippen LogP contribution >= 0.6 is 0 Å². The standard InChI is InChI=1S/C11H21N/c1-8(2)9-4-11(5-9)6-10(7-11)12-3/h8-10,12H,4-7H2,1-3H3. The summed E-state index contributed by atoms with van der Waals surface area (Å²) in [5, 5.41) is 3.37. The van der Waals surface area contributed by atoms with E-state index >= 15 is 0 Å². The van der Waals surface area contributed by atoms with Crippen LogP contribution < -0.4 is 5.32 Å². The minimum Gasteiger partial charge on any atom is -0.317 e. The van der Waals surface area contributed by atoms with E-state index in [1.54, 1.807) is 0 Å². The van der Waals surface area contributed by atoms with E-state index in [1.807, 2.05) is 0 Å². The van der Waals surface area contributed by atoms with Gasteiger partial charge >= 0.3 is 0 Å². The Hall–Kier alpha value is -0.0400. The Morgan fingerprint density at radius 2 is 1.75 bits per heavy atom. The molecule has 0 aromatic rings. The van der Waals surface area contributed by atoms with Crippen molar-refractivity contribution in [2.75, 3.05) is 7.05 Å². The minimum atomic E-state index is 0.808. The van der Waals surface area contributed by atoms with Crippen molar-refractivity contribution in [1.82, 2.24) is 5.32 Å². The molecule has 1 spiro atoms. The Bertz CT molecular complexity index is 160. The van der Waals surface area contributed by atoms with E-state index in [-0.39, 0.29) is 0 Å². The molecular weight excluding hydrogens is 146 g/mol. The van der Waals surface area contributed by atoms with Gasteiger partial charge in [-0.05, 0) is 50.0 Å². The first-order valence-corrected chi connectivity index (χ1v) is 5.32. The summed E-state index contributed by atoms with van der Waals surface area (Å²) < 4.78 is 0. The summed E-state index contributed by atoms with van der Waals surface area (Å²) in [7, 11) is 2.09. The summed E-state index contributed by atoms with van der Waals surface area (Å²) in [4.78, 5) is 0. The Morgan fingerprint density at radius 1 is 1.17 bits per heavy atom. The SMILES string of the molecule is CNC1CC2(C1)CC(C(C)C)C2. The van der Waals surface area contributed by atoms with Gasteiger partial charge in [0, 0.05) is 6.04 Å². The summed E-state index contributed by atoms with van der Waals surface area (Å²) in [6, 6.07) is 0.845. The van der Waals surface area contributed by atoms with Crippen LogP contribution in [-0.2, 0) is 0 Å². The molecule has 0 radical (unpaired) electrons. The highest BCUT2D eigenvalue weighted by Gasteiger charge is 2.52. The van der Waals surface area contributed by atoms with Gasteiger partial charge in [0.2, 0.25) is 0 Å². The summed E-state index contributed by atoms with van der Waals surface area (Å²) in [6.07, 6.45) is 5.94. The third-order valence-corrected chi connectivity index (χ3v) is 4.10. The summed E-state index contributed by atoms with van der Waals surface area (Å²) in [5.41, 5.74) is 0.808. The van der Waals surface area contributed by atoms with E-state index in [9.17, 15) is 0 Å². The Labute approximate surface area is 75.9 Å². The smallest absolute Gasteiger partial charge is 0.00746 e. The monoisotopic (exact) mass is 167 g/mol. The van der Waals surface area contributed by atoms with Crippen molar-refractivity contribution in [3.8, 4) is 0 Å². The maximum Gasteiger partial charge on any atom is 0.00746 e. The fraction of sp³-hybridized carbons (Fsp3) is 1.00. The second kappa shape index (κ2) is 2.73. The summed E-state index contributed by atoms with van der Waals surface area (Å²) >= 11 is 0. The molecule has 2 rings (SSSR count). The first kappa shape index (κ1) is 8.55. The fourth-order valence-electron chi connectivity index (χ4n) is 3.05. The zero-order chi connectivity index (χ0) is 8.77. The average Bonchev–Trinajstić information content (AvgIpc) is 1.81. The average molecular weight is 167 g/mol. The molecule has 2 aliphatic carbocycles. The zero-order valence-electron chi connectivity index (χ0n) is 8.56. The fourth-order valence-corrected chi connectivity index (χ4v) is 3.05. The number of rotatable bonds is 2. The molecule has 2 saturated carbocycles. The van der Waals surface area contributed by atoms with Crippen molar-refractivity contribution >= 4 is 0 Å². The van der Waals surface area contributed by atoms with Crippen molar-refractivity contribution in [2.24, 2.45) is 17.3 Å². The molecule has 0 aromatic heterocycles.